The van der Waals surface area contributed by atoms with E-state index in [-0.39, 0.29) is 4.91 Å². The van der Waals surface area contributed by atoms with Crippen molar-refractivity contribution in [1.29, 1.82) is 0 Å². The second-order valence-electron chi connectivity index (χ2n) is 6.06. The molecule has 1 saturated heterocycles. The van der Waals surface area contributed by atoms with Crippen LogP contribution in [0.1, 0.15) is 5.56 Å². The molecule has 0 atom stereocenters. The van der Waals surface area contributed by atoms with Crippen LogP contribution in [0.3, 0.4) is 0 Å². The zero-order chi connectivity index (χ0) is 21.8. The van der Waals surface area contributed by atoms with E-state index in [1.165, 1.54) is 14.2 Å². The summed E-state index contributed by atoms with van der Waals surface area (Å²) in [5, 5.41) is 2.53. The normalized spacial score (nSPS) is 14.9. The monoisotopic (exact) mass is 510 g/mol. The second kappa shape index (κ2) is 9.55. The zero-order valence-corrected chi connectivity index (χ0v) is 19.1. The Morgan fingerprint density at radius 1 is 1.17 bits per heavy atom. The molecule has 1 heterocycles. The number of hydrogen-bond donors (Lipinski definition) is 1. The van der Waals surface area contributed by atoms with E-state index in [1.807, 2.05) is 0 Å². The highest BCUT2D eigenvalue weighted by Gasteiger charge is 2.36. The fraction of sp³-hybridized carbons (Fsp3) is 0.150. The fourth-order valence-corrected chi connectivity index (χ4v) is 3.91. The van der Waals surface area contributed by atoms with Crippen LogP contribution in [0.2, 0.25) is 5.02 Å². The molecule has 2 aromatic rings. The van der Waals surface area contributed by atoms with E-state index in [2.05, 4.69) is 21.2 Å². The molecular formula is C20H16BrClN2O5S. The van der Waals surface area contributed by atoms with E-state index >= 15 is 0 Å². The van der Waals surface area contributed by atoms with Crippen molar-refractivity contribution in [2.45, 2.75) is 0 Å². The first-order chi connectivity index (χ1) is 14.3. The number of amides is 3. The van der Waals surface area contributed by atoms with Gasteiger partial charge in [-0.05, 0) is 69.7 Å². The number of halogens is 2. The number of anilines is 1. The molecule has 0 unspecified atom stereocenters. The highest BCUT2D eigenvalue weighted by Crippen LogP contribution is 2.34. The molecule has 156 valence electrons. The van der Waals surface area contributed by atoms with Gasteiger partial charge in [-0.2, -0.15) is 0 Å². The van der Waals surface area contributed by atoms with Gasteiger partial charge in [0.1, 0.15) is 6.54 Å². The lowest BCUT2D eigenvalue weighted by molar-refractivity contribution is -0.127. The van der Waals surface area contributed by atoms with Gasteiger partial charge in [-0.25, -0.2) is 0 Å². The Kier molecular flexibility index (Phi) is 7.06. The van der Waals surface area contributed by atoms with Gasteiger partial charge in [0.15, 0.2) is 11.5 Å². The lowest BCUT2D eigenvalue weighted by atomic mass is 10.2. The van der Waals surface area contributed by atoms with Crippen molar-refractivity contribution in [1.82, 2.24) is 4.90 Å². The Balaban J connectivity index is 1.72. The van der Waals surface area contributed by atoms with Gasteiger partial charge in [-0.15, -0.1) is 0 Å². The molecule has 2 aromatic carbocycles. The quantitative estimate of drug-likeness (QED) is 0.561. The first kappa shape index (κ1) is 22.2. The predicted molar refractivity (Wildman–Crippen MR) is 120 cm³/mol. The average molecular weight is 512 g/mol. The van der Waals surface area contributed by atoms with E-state index in [1.54, 1.807) is 42.5 Å². The van der Waals surface area contributed by atoms with Crippen LogP contribution in [0.5, 0.6) is 11.5 Å². The number of thioether (sulfide) groups is 1. The summed E-state index contributed by atoms with van der Waals surface area (Å²) in [4.78, 5) is 38.3. The molecule has 1 aliphatic heterocycles. The molecule has 1 N–H and O–H groups in total. The third-order valence-electron chi connectivity index (χ3n) is 4.08. The predicted octanol–water partition coefficient (Wildman–Crippen LogP) is 4.79. The van der Waals surface area contributed by atoms with Crippen LogP contribution >= 0.6 is 39.3 Å². The highest BCUT2D eigenvalue weighted by molar-refractivity contribution is 9.10. The Hall–Kier alpha value is -2.49. The van der Waals surface area contributed by atoms with Crippen molar-refractivity contribution >= 4 is 68.1 Å². The number of nitrogens with one attached hydrogen (secondary N) is 1. The minimum atomic E-state index is -0.538. The van der Waals surface area contributed by atoms with Crippen LogP contribution < -0.4 is 14.8 Å². The number of carbonyl (C=O) groups excluding carboxylic acids is 3. The molecule has 3 amide bonds. The van der Waals surface area contributed by atoms with E-state index in [9.17, 15) is 14.4 Å². The van der Waals surface area contributed by atoms with E-state index < -0.39 is 23.6 Å². The summed E-state index contributed by atoms with van der Waals surface area (Å²) in [6.07, 6.45) is 1.57. The van der Waals surface area contributed by atoms with Crippen LogP contribution in [-0.4, -0.2) is 42.7 Å². The van der Waals surface area contributed by atoms with Gasteiger partial charge < -0.3 is 14.8 Å². The van der Waals surface area contributed by atoms with Crippen LogP contribution in [0.4, 0.5) is 10.5 Å². The molecule has 0 spiro atoms. The maximum Gasteiger partial charge on any atom is 0.294 e. The minimum absolute atomic E-state index is 0.215. The lowest BCUT2D eigenvalue weighted by Crippen LogP contribution is -2.36. The van der Waals surface area contributed by atoms with Crippen molar-refractivity contribution in [3.05, 3.63) is 56.4 Å². The summed E-state index contributed by atoms with van der Waals surface area (Å²) >= 11 is 10.0. The topological polar surface area (TPSA) is 84.9 Å². The Labute approximate surface area is 190 Å². The molecular weight excluding hydrogens is 496 g/mol. The van der Waals surface area contributed by atoms with Gasteiger partial charge in [0, 0.05) is 10.2 Å². The number of carbonyl (C=O) groups is 3. The Bertz CT molecular complexity index is 1060. The minimum Gasteiger partial charge on any atom is -0.493 e. The van der Waals surface area contributed by atoms with Gasteiger partial charge >= 0.3 is 0 Å². The number of benzene rings is 2. The fourth-order valence-electron chi connectivity index (χ4n) is 2.65. The number of rotatable bonds is 6. The summed E-state index contributed by atoms with van der Waals surface area (Å²) in [5.74, 6) is -0.00249. The lowest BCUT2D eigenvalue weighted by Gasteiger charge is -2.12. The third kappa shape index (κ3) is 4.97. The molecule has 1 aliphatic rings. The maximum absolute atomic E-state index is 12.6. The number of hydrogen-bond acceptors (Lipinski definition) is 6. The van der Waals surface area contributed by atoms with E-state index in [0.717, 1.165) is 16.7 Å². The van der Waals surface area contributed by atoms with Gasteiger partial charge in [0.05, 0.1) is 24.1 Å². The van der Waals surface area contributed by atoms with Crippen LogP contribution in [0.25, 0.3) is 6.08 Å². The van der Waals surface area contributed by atoms with Crippen molar-refractivity contribution in [2.75, 3.05) is 26.1 Å². The van der Waals surface area contributed by atoms with Gasteiger partial charge in [-0.3, -0.25) is 19.3 Å². The molecule has 7 nitrogen and oxygen atoms in total. The van der Waals surface area contributed by atoms with Gasteiger partial charge in [0.2, 0.25) is 5.91 Å². The molecule has 0 radical (unpaired) electrons. The molecule has 0 saturated carbocycles. The van der Waals surface area contributed by atoms with Crippen LogP contribution in [0.15, 0.2) is 45.8 Å². The van der Waals surface area contributed by atoms with Crippen molar-refractivity contribution in [2.24, 2.45) is 0 Å². The van der Waals surface area contributed by atoms with Crippen molar-refractivity contribution in [3.8, 4) is 11.5 Å². The standard InChI is InChI=1S/C20H16BrClN2O5S/c1-28-15-6-3-11(7-16(15)29-2)8-17-19(26)24(20(27)30-17)10-18(25)23-12-4-5-13(21)14(22)9-12/h3-9H,10H2,1-2H3,(H,23,25)/b17-8+. The zero-order valence-electron chi connectivity index (χ0n) is 15.9. The summed E-state index contributed by atoms with van der Waals surface area (Å²) < 4.78 is 11.1. The molecule has 1 fully saturated rings. The summed E-state index contributed by atoms with van der Waals surface area (Å²) in [7, 11) is 3.03. The SMILES string of the molecule is COc1ccc(/C=C2/SC(=O)N(CC(=O)Nc3ccc(Br)c(Cl)c3)C2=O)cc1OC. The smallest absolute Gasteiger partial charge is 0.294 e. The Morgan fingerprint density at radius 2 is 1.90 bits per heavy atom. The van der Waals surface area contributed by atoms with Crippen LogP contribution in [0, 0.1) is 0 Å². The number of methoxy groups -OCH3 is 2. The summed E-state index contributed by atoms with van der Waals surface area (Å²) in [6.45, 7) is -0.401. The molecule has 0 aliphatic carbocycles. The molecule has 0 aromatic heterocycles. The number of ether oxygens (including phenoxy) is 2. The number of imide groups is 1. The van der Waals surface area contributed by atoms with E-state index in [4.69, 9.17) is 21.1 Å². The molecule has 0 bridgehead atoms. The average Bonchev–Trinajstić information content (AvgIpc) is 2.98. The second-order valence-corrected chi connectivity index (χ2v) is 8.31. The van der Waals surface area contributed by atoms with Crippen LogP contribution in [-0.2, 0) is 9.59 Å². The summed E-state index contributed by atoms with van der Waals surface area (Å²) in [6, 6.07) is 10.0. The molecule has 3 rings (SSSR count). The van der Waals surface area contributed by atoms with Gasteiger partial charge in [-0.1, -0.05) is 17.7 Å². The number of nitrogens with zero attached hydrogens (tertiary/aromatic N) is 1. The van der Waals surface area contributed by atoms with E-state index in [0.29, 0.717) is 32.2 Å². The first-order valence-corrected chi connectivity index (χ1v) is 10.5. The first-order valence-electron chi connectivity index (χ1n) is 8.54. The Morgan fingerprint density at radius 3 is 2.57 bits per heavy atom. The van der Waals surface area contributed by atoms with Crippen molar-refractivity contribution < 1.29 is 23.9 Å². The summed E-state index contributed by atoms with van der Waals surface area (Å²) in [5.41, 5.74) is 1.12. The highest BCUT2D eigenvalue weighted by atomic mass is 79.9. The third-order valence-corrected chi connectivity index (χ3v) is 6.22. The van der Waals surface area contributed by atoms with Gasteiger partial charge in [0.25, 0.3) is 11.1 Å². The molecule has 10 heteroatoms. The largest absolute Gasteiger partial charge is 0.493 e. The van der Waals surface area contributed by atoms with Crippen molar-refractivity contribution in [3.63, 3.8) is 0 Å². The maximum atomic E-state index is 12.6. The molecule has 30 heavy (non-hydrogen) atoms.